The molecule has 1 atom stereocenters. The van der Waals surface area contributed by atoms with Crippen LogP contribution < -0.4 is 10.6 Å². The van der Waals surface area contributed by atoms with E-state index >= 15 is 0 Å². The Morgan fingerprint density at radius 1 is 1.56 bits per heavy atom. The summed E-state index contributed by atoms with van der Waals surface area (Å²) in [6, 6.07) is 6.46. The van der Waals surface area contributed by atoms with Gasteiger partial charge in [-0.2, -0.15) is 5.26 Å². The molecule has 1 aromatic carbocycles. The van der Waals surface area contributed by atoms with Crippen molar-refractivity contribution >= 4 is 23.3 Å². The van der Waals surface area contributed by atoms with Crippen LogP contribution in [0, 0.1) is 18.3 Å². The number of hydrogen-bond acceptors (Lipinski definition) is 2. The Hall–Kier alpha value is -1.73. The normalized spacial score (nSPS) is 11.4. The average Bonchev–Trinajstić information content (AvgIpc) is 2.33. The van der Waals surface area contributed by atoms with Gasteiger partial charge in [-0.1, -0.05) is 31.0 Å². The quantitative estimate of drug-likeness (QED) is 0.876. The Bertz CT molecular complexity index is 468. The van der Waals surface area contributed by atoms with Crippen molar-refractivity contribution in [1.29, 1.82) is 5.26 Å². The van der Waals surface area contributed by atoms with Crippen LogP contribution in [-0.4, -0.2) is 12.1 Å². The second-order valence-corrected chi connectivity index (χ2v) is 4.44. The second kappa shape index (κ2) is 6.87. The second-order valence-electron chi connectivity index (χ2n) is 4.03. The van der Waals surface area contributed by atoms with E-state index in [2.05, 4.69) is 10.6 Å². The number of halogens is 1. The summed E-state index contributed by atoms with van der Waals surface area (Å²) in [4.78, 5) is 11.6. The van der Waals surface area contributed by atoms with Crippen LogP contribution in [0.1, 0.15) is 25.3 Å². The van der Waals surface area contributed by atoms with Crippen molar-refractivity contribution in [3.8, 4) is 6.07 Å². The molecular formula is C13H16ClN3O. The molecule has 18 heavy (non-hydrogen) atoms. The molecule has 0 aliphatic rings. The fraction of sp³-hybridized carbons (Fsp3) is 0.385. The van der Waals surface area contributed by atoms with Crippen molar-refractivity contribution in [1.82, 2.24) is 5.32 Å². The molecule has 0 saturated carbocycles. The number of nitrogens with zero attached hydrogens (tertiary/aromatic N) is 1. The summed E-state index contributed by atoms with van der Waals surface area (Å²) < 4.78 is 0. The van der Waals surface area contributed by atoms with E-state index in [4.69, 9.17) is 16.9 Å². The Morgan fingerprint density at radius 3 is 2.83 bits per heavy atom. The molecule has 0 radical (unpaired) electrons. The van der Waals surface area contributed by atoms with Gasteiger partial charge in [0.05, 0.1) is 6.07 Å². The number of aryl methyl sites for hydroxylation is 1. The SMILES string of the molecule is CCCC(C#N)NC(=O)Nc1ccc(C)c(Cl)c1. The first-order valence-corrected chi connectivity index (χ1v) is 6.18. The summed E-state index contributed by atoms with van der Waals surface area (Å²) in [5.41, 5.74) is 1.56. The van der Waals surface area contributed by atoms with Gasteiger partial charge >= 0.3 is 6.03 Å². The number of nitrogens with one attached hydrogen (secondary N) is 2. The van der Waals surface area contributed by atoms with Crippen LogP contribution in [-0.2, 0) is 0 Å². The zero-order chi connectivity index (χ0) is 13.5. The summed E-state index contributed by atoms with van der Waals surface area (Å²) in [5, 5.41) is 14.7. The van der Waals surface area contributed by atoms with Gasteiger partial charge < -0.3 is 10.6 Å². The molecule has 1 aromatic rings. The summed E-state index contributed by atoms with van der Waals surface area (Å²) >= 11 is 5.96. The van der Waals surface area contributed by atoms with Gasteiger partial charge in [0.2, 0.25) is 0 Å². The van der Waals surface area contributed by atoms with Gasteiger partial charge in [-0.15, -0.1) is 0 Å². The number of nitriles is 1. The standard InChI is InChI=1S/C13H16ClN3O/c1-3-4-11(8-15)17-13(18)16-10-6-5-9(2)12(14)7-10/h5-7,11H,3-4H2,1-2H3,(H2,16,17,18). The predicted molar refractivity (Wildman–Crippen MR) is 72.7 cm³/mol. The molecule has 0 aromatic heterocycles. The maximum absolute atomic E-state index is 11.6. The minimum Gasteiger partial charge on any atom is -0.322 e. The van der Waals surface area contributed by atoms with E-state index in [1.165, 1.54) is 0 Å². The summed E-state index contributed by atoms with van der Waals surface area (Å²) in [7, 11) is 0. The fourth-order valence-corrected chi connectivity index (χ4v) is 1.63. The number of urea groups is 1. The average molecular weight is 266 g/mol. The third-order valence-electron chi connectivity index (χ3n) is 2.47. The van der Waals surface area contributed by atoms with Crippen LogP contribution in [0.15, 0.2) is 18.2 Å². The number of benzene rings is 1. The highest BCUT2D eigenvalue weighted by molar-refractivity contribution is 6.31. The van der Waals surface area contributed by atoms with Crippen LogP contribution in [0.2, 0.25) is 5.02 Å². The maximum Gasteiger partial charge on any atom is 0.320 e. The van der Waals surface area contributed by atoms with Gasteiger partial charge in [0.1, 0.15) is 6.04 Å². The molecule has 0 spiro atoms. The Morgan fingerprint density at radius 2 is 2.28 bits per heavy atom. The third kappa shape index (κ3) is 4.27. The molecule has 1 rings (SSSR count). The number of anilines is 1. The number of carbonyl (C=O) groups is 1. The van der Waals surface area contributed by atoms with Crippen LogP contribution >= 0.6 is 11.6 Å². The minimum atomic E-state index is -0.462. The Kier molecular flexibility index (Phi) is 5.47. The first-order chi connectivity index (χ1) is 8.56. The molecule has 0 bridgehead atoms. The van der Waals surface area contributed by atoms with Crippen molar-refractivity contribution < 1.29 is 4.79 Å². The van der Waals surface area contributed by atoms with Gasteiger partial charge in [-0.25, -0.2) is 4.79 Å². The Balaban J connectivity index is 2.59. The van der Waals surface area contributed by atoms with Crippen LogP contribution in [0.25, 0.3) is 0 Å². The van der Waals surface area contributed by atoms with Crippen LogP contribution in [0.5, 0.6) is 0 Å². The van der Waals surface area contributed by atoms with E-state index in [1.807, 2.05) is 26.0 Å². The van der Waals surface area contributed by atoms with E-state index in [1.54, 1.807) is 12.1 Å². The monoisotopic (exact) mass is 265 g/mol. The minimum absolute atomic E-state index is 0.394. The van der Waals surface area contributed by atoms with Crippen LogP contribution in [0.4, 0.5) is 10.5 Å². The largest absolute Gasteiger partial charge is 0.322 e. The molecule has 0 heterocycles. The van der Waals surface area contributed by atoms with E-state index < -0.39 is 12.1 Å². The molecule has 1 unspecified atom stereocenters. The molecule has 0 aliphatic heterocycles. The molecule has 2 N–H and O–H groups in total. The van der Waals surface area contributed by atoms with Crippen LogP contribution in [0.3, 0.4) is 0 Å². The maximum atomic E-state index is 11.6. The first kappa shape index (κ1) is 14.3. The lowest BCUT2D eigenvalue weighted by molar-refractivity contribution is 0.250. The number of hydrogen-bond donors (Lipinski definition) is 2. The molecule has 5 heteroatoms. The third-order valence-corrected chi connectivity index (χ3v) is 2.88. The van der Waals surface area contributed by atoms with Crippen molar-refractivity contribution in [3.63, 3.8) is 0 Å². The summed E-state index contributed by atoms with van der Waals surface area (Å²) in [6.45, 7) is 3.85. The van der Waals surface area contributed by atoms with Crippen molar-refractivity contribution in [2.45, 2.75) is 32.7 Å². The number of amides is 2. The van der Waals surface area contributed by atoms with Crippen molar-refractivity contribution in [2.24, 2.45) is 0 Å². The van der Waals surface area contributed by atoms with E-state index in [0.29, 0.717) is 17.1 Å². The zero-order valence-corrected chi connectivity index (χ0v) is 11.2. The van der Waals surface area contributed by atoms with Gasteiger partial charge in [0, 0.05) is 10.7 Å². The van der Waals surface area contributed by atoms with E-state index in [-0.39, 0.29) is 0 Å². The summed E-state index contributed by atoms with van der Waals surface area (Å²) in [6.07, 6.45) is 1.48. The molecule has 0 saturated heterocycles. The van der Waals surface area contributed by atoms with Gasteiger partial charge in [0.15, 0.2) is 0 Å². The first-order valence-electron chi connectivity index (χ1n) is 5.80. The Labute approximate surface area is 112 Å². The highest BCUT2D eigenvalue weighted by atomic mass is 35.5. The highest BCUT2D eigenvalue weighted by Gasteiger charge is 2.10. The van der Waals surface area contributed by atoms with E-state index in [0.717, 1.165) is 12.0 Å². The van der Waals surface area contributed by atoms with Gasteiger partial charge in [-0.3, -0.25) is 0 Å². The zero-order valence-electron chi connectivity index (χ0n) is 10.5. The molecule has 4 nitrogen and oxygen atoms in total. The molecular weight excluding hydrogens is 250 g/mol. The predicted octanol–water partition coefficient (Wildman–Crippen LogP) is 3.46. The highest BCUT2D eigenvalue weighted by Crippen LogP contribution is 2.19. The van der Waals surface area contributed by atoms with Crippen molar-refractivity contribution in [3.05, 3.63) is 28.8 Å². The smallest absolute Gasteiger partial charge is 0.320 e. The lowest BCUT2D eigenvalue weighted by Gasteiger charge is -2.12. The van der Waals surface area contributed by atoms with Gasteiger partial charge in [0.25, 0.3) is 0 Å². The summed E-state index contributed by atoms with van der Waals surface area (Å²) in [5.74, 6) is 0. The lowest BCUT2D eigenvalue weighted by atomic mass is 10.2. The van der Waals surface area contributed by atoms with Crippen molar-refractivity contribution in [2.75, 3.05) is 5.32 Å². The van der Waals surface area contributed by atoms with Gasteiger partial charge in [-0.05, 0) is 31.0 Å². The number of rotatable bonds is 4. The van der Waals surface area contributed by atoms with E-state index in [9.17, 15) is 4.79 Å². The topological polar surface area (TPSA) is 64.9 Å². The number of carbonyl (C=O) groups excluding carboxylic acids is 1. The fourth-order valence-electron chi connectivity index (χ4n) is 1.45. The molecule has 96 valence electrons. The lowest BCUT2D eigenvalue weighted by Crippen LogP contribution is -2.36. The molecule has 0 aliphatic carbocycles. The molecule has 0 fully saturated rings. The molecule has 2 amide bonds.